The van der Waals surface area contributed by atoms with Crippen molar-refractivity contribution < 1.29 is 12.3 Å². The summed E-state index contributed by atoms with van der Waals surface area (Å²) < 4.78 is 17.1. The Bertz CT molecular complexity index is 1090. The molecule has 1 aliphatic rings. The number of rotatable bonds is 2. The predicted molar refractivity (Wildman–Crippen MR) is 122 cm³/mol. The number of methoxy groups -OCH3 is 1. The van der Waals surface area contributed by atoms with E-state index in [9.17, 15) is 5.26 Å². The van der Waals surface area contributed by atoms with Crippen LogP contribution in [0.3, 0.4) is 0 Å². The minimum atomic E-state index is -4.37. The molecule has 0 N–H and O–H groups in total. The first-order valence-electron chi connectivity index (χ1n) is 9.06. The van der Waals surface area contributed by atoms with Crippen molar-refractivity contribution in [3.05, 3.63) is 76.0 Å². The first-order valence-corrected chi connectivity index (χ1v) is 16.3. The number of benzene rings is 2. The fourth-order valence-corrected chi connectivity index (χ4v) is 6.28. The minimum absolute atomic E-state index is 0.142. The number of halogens is 2. The monoisotopic (exact) mass is 516 g/mol. The molecule has 0 saturated heterocycles. The van der Waals surface area contributed by atoms with Crippen LogP contribution in [0, 0.1) is 17.9 Å². The molecule has 7 nitrogen and oxygen atoms in total. The molecule has 1 heterocycles. The summed E-state index contributed by atoms with van der Waals surface area (Å²) in [5.74, 6) is 0.999. The van der Waals surface area contributed by atoms with Crippen molar-refractivity contribution in [2.24, 2.45) is 9.98 Å². The fourth-order valence-electron chi connectivity index (χ4n) is 2.65. The molecule has 0 aromatic heterocycles. The topological polar surface area (TPSA) is 80.6 Å². The molecule has 156 valence electrons. The predicted octanol–water partition coefficient (Wildman–Crippen LogP) is 5.09. The van der Waals surface area contributed by atoms with Crippen LogP contribution in [-0.2, 0) is 6.42 Å². The maximum absolute atomic E-state index is 9.49. The molecule has 0 aliphatic carbocycles. The van der Waals surface area contributed by atoms with E-state index in [1.165, 1.54) is 19.5 Å². The van der Waals surface area contributed by atoms with E-state index >= 15 is 0 Å². The van der Waals surface area contributed by atoms with Crippen LogP contribution in [0.5, 0.6) is 17.2 Å². The van der Waals surface area contributed by atoms with Crippen LogP contribution in [0.1, 0.15) is 23.6 Å². The van der Waals surface area contributed by atoms with Gasteiger partial charge in [-0.15, -0.1) is 0 Å². The first kappa shape index (κ1) is 22.7. The summed E-state index contributed by atoms with van der Waals surface area (Å²) in [5, 5.41) is 9.49. The third kappa shape index (κ3) is 5.59. The van der Waals surface area contributed by atoms with Crippen LogP contribution < -0.4 is 12.3 Å². The van der Waals surface area contributed by atoms with Gasteiger partial charge in [-0.2, -0.15) is 0 Å². The second-order valence-corrected chi connectivity index (χ2v) is 15.2. The average Bonchev–Trinajstić information content (AvgIpc) is 2.76. The van der Waals surface area contributed by atoms with Crippen LogP contribution >= 0.6 is 20.0 Å². The number of aryl methyl sites for hydroxylation is 1. The molecule has 0 amide bonds. The molecule has 0 radical (unpaired) electrons. The van der Waals surface area contributed by atoms with E-state index in [0.29, 0.717) is 22.6 Å². The molecule has 0 saturated carbocycles. The molecular formula is C21H16Cl2GeN4O3. The second kappa shape index (κ2) is 9.89. The van der Waals surface area contributed by atoms with Crippen molar-refractivity contribution in [1.82, 2.24) is 0 Å². The third-order valence-electron chi connectivity index (χ3n) is 4.25. The molecule has 31 heavy (non-hydrogen) atoms. The summed E-state index contributed by atoms with van der Waals surface area (Å²) >= 11 is -4.37. The maximum atomic E-state index is 9.49. The van der Waals surface area contributed by atoms with Gasteiger partial charge in [0.15, 0.2) is 0 Å². The van der Waals surface area contributed by atoms with Crippen molar-refractivity contribution in [2.45, 2.75) is 13.3 Å². The van der Waals surface area contributed by atoms with E-state index in [2.05, 4.69) is 14.8 Å². The molecule has 0 bridgehead atoms. The van der Waals surface area contributed by atoms with E-state index in [1.54, 1.807) is 30.3 Å². The molecule has 2 aromatic rings. The molecule has 0 spiro atoms. The summed E-state index contributed by atoms with van der Waals surface area (Å²) in [4.78, 5) is 11.6. The van der Waals surface area contributed by atoms with Gasteiger partial charge >= 0.3 is 192 Å². The quantitative estimate of drug-likeness (QED) is 0.412. The Balaban J connectivity index is 2.24. The second-order valence-electron chi connectivity index (χ2n) is 6.21. The standard InChI is InChI=1S/C21H16Cl2GeN4O3/c1-4-14-5-6-15-12-27-18(11-25)21(26-2)28-13-16-7-8-17(29-3)10-20(16)31-24(22,23)30-19(15)9-14/h5-10,12-13H,4H2,1,3H3. The van der Waals surface area contributed by atoms with E-state index in [-0.39, 0.29) is 17.3 Å². The normalized spacial score (nSPS) is 14.9. The number of hydrogen-bond acceptors (Lipinski definition) is 6. The Hall–Kier alpha value is -2.98. The van der Waals surface area contributed by atoms with Crippen molar-refractivity contribution in [3.8, 4) is 23.3 Å². The van der Waals surface area contributed by atoms with Crippen LogP contribution in [0.25, 0.3) is 4.85 Å². The number of fused-ring (bicyclic) bond motifs is 2. The van der Waals surface area contributed by atoms with Gasteiger partial charge in [-0.3, -0.25) is 0 Å². The van der Waals surface area contributed by atoms with Gasteiger partial charge in [0.2, 0.25) is 0 Å². The fraction of sp³-hybridized carbons (Fsp3) is 0.143. The number of ether oxygens (including phenoxy) is 1. The van der Waals surface area contributed by atoms with Gasteiger partial charge in [0.25, 0.3) is 0 Å². The van der Waals surface area contributed by atoms with Gasteiger partial charge in [-0.25, -0.2) is 0 Å². The van der Waals surface area contributed by atoms with E-state index in [4.69, 9.17) is 38.9 Å². The molecule has 0 unspecified atom stereocenters. The number of aliphatic imine (C=N–C) groups is 2. The van der Waals surface area contributed by atoms with Crippen LogP contribution in [-0.4, -0.2) is 31.6 Å². The average molecular weight is 516 g/mol. The number of nitriles is 1. The van der Waals surface area contributed by atoms with Crippen molar-refractivity contribution >= 4 is 44.5 Å². The zero-order chi connectivity index (χ0) is 22.4. The van der Waals surface area contributed by atoms with Gasteiger partial charge < -0.3 is 0 Å². The summed E-state index contributed by atoms with van der Waals surface area (Å²) in [6.07, 6.45) is 3.55. The summed E-state index contributed by atoms with van der Waals surface area (Å²) in [6, 6.07) is 12.3. The number of allylic oxidation sites excluding steroid dienone is 1. The zero-order valence-electron chi connectivity index (χ0n) is 16.6. The van der Waals surface area contributed by atoms with Crippen molar-refractivity contribution in [2.75, 3.05) is 7.11 Å². The van der Waals surface area contributed by atoms with Gasteiger partial charge in [0.1, 0.15) is 0 Å². The van der Waals surface area contributed by atoms with E-state index in [1.807, 2.05) is 19.1 Å². The van der Waals surface area contributed by atoms with Gasteiger partial charge in [-0.05, 0) is 0 Å². The van der Waals surface area contributed by atoms with Crippen LogP contribution in [0.15, 0.2) is 57.9 Å². The van der Waals surface area contributed by atoms with Crippen LogP contribution in [0.4, 0.5) is 0 Å². The Labute approximate surface area is 191 Å². The summed E-state index contributed by atoms with van der Waals surface area (Å²) in [7, 11) is 14.6. The Morgan fingerprint density at radius 3 is 2.35 bits per heavy atom. The van der Waals surface area contributed by atoms with Gasteiger partial charge in [0.05, 0.1) is 0 Å². The van der Waals surface area contributed by atoms with Crippen molar-refractivity contribution in [1.29, 1.82) is 5.26 Å². The van der Waals surface area contributed by atoms with Gasteiger partial charge in [0, 0.05) is 0 Å². The van der Waals surface area contributed by atoms with Gasteiger partial charge in [-0.1, -0.05) is 0 Å². The molecule has 0 fully saturated rings. The Kier molecular flexibility index (Phi) is 7.24. The number of nitrogens with zero attached hydrogens (tertiary/aromatic N) is 4. The Morgan fingerprint density at radius 1 is 1.10 bits per heavy atom. The van der Waals surface area contributed by atoms with Crippen molar-refractivity contribution in [3.63, 3.8) is 0 Å². The molecular weight excluding hydrogens is 500 g/mol. The Morgan fingerprint density at radius 2 is 1.74 bits per heavy atom. The molecule has 10 heteroatoms. The molecule has 1 aliphatic heterocycles. The zero-order valence-corrected chi connectivity index (χ0v) is 20.2. The third-order valence-corrected chi connectivity index (χ3v) is 7.77. The molecule has 2 aromatic carbocycles. The summed E-state index contributed by atoms with van der Waals surface area (Å²) in [5.41, 5.74) is 1.86. The van der Waals surface area contributed by atoms with E-state index in [0.717, 1.165) is 12.0 Å². The van der Waals surface area contributed by atoms with Crippen LogP contribution in [0.2, 0.25) is 0 Å². The molecule has 3 rings (SSSR count). The SMILES string of the molecule is [C-]#[N+]C1=C(C#N)N=Cc2ccc(CC)cc2[O][Ge]([Cl])([Cl])[O]c2cc(OC)ccc2C=N1. The number of hydrogen-bond donors (Lipinski definition) is 0. The first-order chi connectivity index (χ1) is 14.9. The molecule has 0 atom stereocenters. The van der Waals surface area contributed by atoms with E-state index < -0.39 is 12.1 Å². The summed E-state index contributed by atoms with van der Waals surface area (Å²) in [6.45, 7) is 9.40.